The number of carbonyl (C=O) groups excluding carboxylic acids is 1. The summed E-state index contributed by atoms with van der Waals surface area (Å²) in [7, 11) is 0. The predicted molar refractivity (Wildman–Crippen MR) is 190 cm³/mol. The van der Waals surface area contributed by atoms with Gasteiger partial charge in [0.25, 0.3) is 0 Å². The average molecular weight is 686 g/mol. The lowest BCUT2D eigenvalue weighted by molar-refractivity contribution is -0.111. The Hall–Kier alpha value is -4.70. The fraction of sp³-hybridized carbons (Fsp3) is 0.324. The maximum Gasteiger partial charge on any atom is 0.248 e. The van der Waals surface area contributed by atoms with Crippen LogP contribution in [0.1, 0.15) is 18.1 Å². The van der Waals surface area contributed by atoms with Gasteiger partial charge in [0.2, 0.25) is 5.91 Å². The standard InChI is InChI=1S/C37H40ClN5O6/c1-2-48-35-23-32-30(22-33(35)42-36(44)9-6-12-43-13-15-45-17-19-47-20-18-46-16-14-43)37(28(24-39)25-40-32)41-29-10-11-34(31(38)21-29)49-26-27-7-4-3-5-8-27/h3-11,21-23,25H,2,12-20,26H2,1H3,(H,40,41)(H,42,44)/b9-6+. The molecule has 1 saturated heterocycles. The third-order valence-electron chi connectivity index (χ3n) is 7.57. The molecule has 4 aromatic rings. The van der Waals surface area contributed by atoms with E-state index in [0.29, 0.717) is 123 Å². The van der Waals surface area contributed by atoms with Crippen LogP contribution in [0.2, 0.25) is 5.02 Å². The number of aromatic nitrogens is 1. The van der Waals surface area contributed by atoms with Gasteiger partial charge in [-0.2, -0.15) is 5.26 Å². The average Bonchev–Trinajstić information content (AvgIpc) is 3.10. The predicted octanol–water partition coefficient (Wildman–Crippen LogP) is 6.34. The number of ether oxygens (including phenoxy) is 5. The summed E-state index contributed by atoms with van der Waals surface area (Å²) >= 11 is 6.59. The number of pyridine rings is 1. The summed E-state index contributed by atoms with van der Waals surface area (Å²) in [4.78, 5) is 19.8. The van der Waals surface area contributed by atoms with Crippen LogP contribution in [0.25, 0.3) is 10.9 Å². The van der Waals surface area contributed by atoms with E-state index in [1.165, 1.54) is 12.3 Å². The Kier molecular flexibility index (Phi) is 13.6. The minimum absolute atomic E-state index is 0.320. The molecule has 0 unspecified atom stereocenters. The van der Waals surface area contributed by atoms with Crippen LogP contribution in [0.4, 0.5) is 17.1 Å². The van der Waals surface area contributed by atoms with Crippen LogP contribution >= 0.6 is 11.6 Å². The number of anilines is 3. The second-order valence-corrected chi connectivity index (χ2v) is 11.4. The van der Waals surface area contributed by atoms with Crippen molar-refractivity contribution in [3.05, 3.63) is 95.2 Å². The molecule has 1 fully saturated rings. The highest BCUT2D eigenvalue weighted by Crippen LogP contribution is 2.37. The molecule has 12 heteroatoms. The molecule has 0 bridgehead atoms. The third-order valence-corrected chi connectivity index (χ3v) is 7.86. The molecule has 1 aliphatic rings. The van der Waals surface area contributed by atoms with Crippen LogP contribution < -0.4 is 20.1 Å². The Balaban J connectivity index is 1.32. The molecule has 0 aliphatic carbocycles. The lowest BCUT2D eigenvalue weighted by atomic mass is 10.1. The Morgan fingerprint density at radius 2 is 1.71 bits per heavy atom. The number of halogens is 1. The normalized spacial score (nSPS) is 14.8. The lowest BCUT2D eigenvalue weighted by Crippen LogP contribution is -2.32. The van der Waals surface area contributed by atoms with E-state index in [9.17, 15) is 10.1 Å². The SMILES string of the molecule is CCOc1cc2ncc(C#N)c(Nc3ccc(OCc4ccccc4)c(Cl)c3)c2cc1NC(=O)/C=C/CN1CCOCCOCCOCC1. The maximum atomic E-state index is 13.1. The van der Waals surface area contributed by atoms with Crippen LogP contribution in [0.5, 0.6) is 11.5 Å². The molecule has 0 atom stereocenters. The van der Waals surface area contributed by atoms with E-state index >= 15 is 0 Å². The smallest absolute Gasteiger partial charge is 0.248 e. The van der Waals surface area contributed by atoms with E-state index in [0.717, 1.165) is 5.56 Å². The van der Waals surface area contributed by atoms with Gasteiger partial charge in [0.1, 0.15) is 24.2 Å². The van der Waals surface area contributed by atoms with Gasteiger partial charge in [-0.3, -0.25) is 14.7 Å². The van der Waals surface area contributed by atoms with Gasteiger partial charge in [0.15, 0.2) is 0 Å². The molecule has 11 nitrogen and oxygen atoms in total. The topological polar surface area (TPSA) is 127 Å². The van der Waals surface area contributed by atoms with Gasteiger partial charge in [-0.25, -0.2) is 0 Å². The van der Waals surface area contributed by atoms with Crippen LogP contribution in [0, 0.1) is 11.3 Å². The maximum absolute atomic E-state index is 13.1. The van der Waals surface area contributed by atoms with Crippen molar-refractivity contribution >= 4 is 45.5 Å². The minimum atomic E-state index is -0.323. The molecule has 49 heavy (non-hydrogen) atoms. The molecule has 1 amide bonds. The zero-order chi connectivity index (χ0) is 34.3. The molecule has 0 radical (unpaired) electrons. The van der Waals surface area contributed by atoms with Crippen molar-refractivity contribution in [1.82, 2.24) is 9.88 Å². The summed E-state index contributed by atoms with van der Waals surface area (Å²) in [5.74, 6) is 0.677. The van der Waals surface area contributed by atoms with E-state index in [1.807, 2.05) is 49.4 Å². The van der Waals surface area contributed by atoms with Gasteiger partial charge < -0.3 is 34.3 Å². The van der Waals surface area contributed by atoms with Gasteiger partial charge in [-0.05, 0) is 36.8 Å². The first-order valence-corrected chi connectivity index (χ1v) is 16.6. The summed E-state index contributed by atoms with van der Waals surface area (Å²) in [5, 5.41) is 17.3. The molecule has 256 valence electrons. The first-order chi connectivity index (χ1) is 24.0. The summed E-state index contributed by atoms with van der Waals surface area (Å²) < 4.78 is 28.5. The first kappa shape index (κ1) is 35.6. The van der Waals surface area contributed by atoms with Gasteiger partial charge in [0, 0.05) is 49.0 Å². The number of nitrogens with zero attached hydrogens (tertiary/aromatic N) is 3. The van der Waals surface area contributed by atoms with Crippen molar-refractivity contribution in [2.75, 3.05) is 76.5 Å². The number of carbonyl (C=O) groups is 1. The molecule has 0 spiro atoms. The van der Waals surface area contributed by atoms with Gasteiger partial charge in [-0.1, -0.05) is 48.0 Å². The highest BCUT2D eigenvalue weighted by Gasteiger charge is 2.16. The van der Waals surface area contributed by atoms with Gasteiger partial charge in [-0.15, -0.1) is 0 Å². The number of amides is 1. The van der Waals surface area contributed by atoms with Crippen molar-refractivity contribution in [2.45, 2.75) is 13.5 Å². The molecule has 1 aromatic heterocycles. The monoisotopic (exact) mass is 685 g/mol. The molecule has 3 aromatic carbocycles. The second kappa shape index (κ2) is 18.7. The summed E-state index contributed by atoms with van der Waals surface area (Å²) in [5.41, 5.74) is 3.54. The van der Waals surface area contributed by atoms with E-state index in [4.69, 9.17) is 35.3 Å². The largest absolute Gasteiger partial charge is 0.492 e. The summed E-state index contributed by atoms with van der Waals surface area (Å²) in [6.45, 7) is 7.86. The summed E-state index contributed by atoms with van der Waals surface area (Å²) in [6.07, 6.45) is 4.81. The zero-order valence-electron chi connectivity index (χ0n) is 27.5. The van der Waals surface area contributed by atoms with Crippen molar-refractivity contribution in [1.29, 1.82) is 5.26 Å². The van der Waals surface area contributed by atoms with Crippen molar-refractivity contribution in [3.63, 3.8) is 0 Å². The number of hydrogen-bond donors (Lipinski definition) is 2. The number of nitrogens with one attached hydrogen (secondary N) is 2. The lowest BCUT2D eigenvalue weighted by Gasteiger charge is -2.21. The van der Waals surface area contributed by atoms with Crippen LogP contribution in [-0.4, -0.2) is 81.7 Å². The molecule has 1 aliphatic heterocycles. The Morgan fingerprint density at radius 1 is 0.980 bits per heavy atom. The highest BCUT2D eigenvalue weighted by atomic mass is 35.5. The Morgan fingerprint density at radius 3 is 2.41 bits per heavy atom. The number of nitriles is 1. The minimum Gasteiger partial charge on any atom is -0.492 e. The molecule has 2 N–H and O–H groups in total. The fourth-order valence-corrected chi connectivity index (χ4v) is 5.33. The highest BCUT2D eigenvalue weighted by molar-refractivity contribution is 6.32. The molecule has 2 heterocycles. The van der Waals surface area contributed by atoms with E-state index < -0.39 is 0 Å². The van der Waals surface area contributed by atoms with Crippen molar-refractivity contribution in [2.24, 2.45) is 0 Å². The number of hydrogen-bond acceptors (Lipinski definition) is 10. The quantitative estimate of drug-likeness (QED) is 0.173. The first-order valence-electron chi connectivity index (χ1n) is 16.2. The van der Waals surface area contributed by atoms with E-state index in [-0.39, 0.29) is 5.91 Å². The molecule has 0 saturated carbocycles. The van der Waals surface area contributed by atoms with E-state index in [2.05, 4.69) is 26.6 Å². The zero-order valence-corrected chi connectivity index (χ0v) is 28.2. The van der Waals surface area contributed by atoms with Crippen LogP contribution in [-0.2, 0) is 25.6 Å². The van der Waals surface area contributed by atoms with Crippen molar-refractivity contribution in [3.8, 4) is 17.6 Å². The third kappa shape index (κ3) is 10.6. The van der Waals surface area contributed by atoms with Crippen LogP contribution in [0.3, 0.4) is 0 Å². The Bertz CT molecular complexity index is 1750. The van der Waals surface area contributed by atoms with Gasteiger partial charge in [0.05, 0.1) is 73.7 Å². The number of fused-ring (bicyclic) bond motifs is 1. The van der Waals surface area contributed by atoms with E-state index in [1.54, 1.807) is 24.3 Å². The molecular formula is C37H40ClN5O6. The van der Waals surface area contributed by atoms with Crippen LogP contribution in [0.15, 0.2) is 79.0 Å². The van der Waals surface area contributed by atoms with Gasteiger partial charge >= 0.3 is 0 Å². The fourth-order valence-electron chi connectivity index (χ4n) is 5.09. The molecular weight excluding hydrogens is 646 g/mol. The Labute approximate surface area is 291 Å². The van der Waals surface area contributed by atoms with Crippen molar-refractivity contribution < 1.29 is 28.5 Å². The number of benzene rings is 3. The molecule has 5 rings (SSSR count). The second-order valence-electron chi connectivity index (χ2n) is 11.0. The number of rotatable bonds is 11. The summed E-state index contributed by atoms with van der Waals surface area (Å²) in [6, 6.07) is 20.9.